The van der Waals surface area contributed by atoms with E-state index in [1.807, 2.05) is 0 Å². The molecule has 0 aliphatic heterocycles. The molecule has 0 unspecified atom stereocenters. The third-order valence-corrected chi connectivity index (χ3v) is 1.62. The Morgan fingerprint density at radius 3 is 2.20 bits per heavy atom. The highest BCUT2D eigenvalue weighted by molar-refractivity contribution is 9.15. The molecule has 0 amide bonds. The maximum Gasteiger partial charge on any atom is 0.123 e. The summed E-state index contributed by atoms with van der Waals surface area (Å²) in [6.07, 6.45) is 0. The lowest BCUT2D eigenvalue weighted by Gasteiger charge is -1.94. The summed E-state index contributed by atoms with van der Waals surface area (Å²) in [5.74, 6) is -0.225. The van der Waals surface area contributed by atoms with Crippen LogP contribution in [0.25, 0.3) is 4.48 Å². The van der Waals surface area contributed by atoms with Gasteiger partial charge in [0.05, 0.1) is 0 Å². The Balaban J connectivity index is 3.00. The Kier molecular flexibility index (Phi) is 2.22. The first-order valence-corrected chi connectivity index (χ1v) is 3.60. The molecule has 2 heteroatoms. The standard InChI is InChI=1S/C8H6BrF/c1-6(9)7-2-4-8(10)5-3-7/h2-5H,1H2. The molecule has 0 heterocycles. The molecule has 0 fully saturated rings. The van der Waals surface area contributed by atoms with Crippen LogP contribution in [0.5, 0.6) is 0 Å². The summed E-state index contributed by atoms with van der Waals surface area (Å²) in [4.78, 5) is 0. The Labute approximate surface area is 67.5 Å². The predicted molar refractivity (Wildman–Crippen MR) is 44.4 cm³/mol. The molecule has 0 aliphatic rings. The van der Waals surface area contributed by atoms with Crippen LogP contribution >= 0.6 is 15.9 Å². The minimum Gasteiger partial charge on any atom is -0.207 e. The van der Waals surface area contributed by atoms with Crippen LogP contribution in [0, 0.1) is 5.82 Å². The number of benzene rings is 1. The second-order valence-electron chi connectivity index (χ2n) is 1.91. The van der Waals surface area contributed by atoms with Gasteiger partial charge < -0.3 is 0 Å². The zero-order valence-corrected chi connectivity index (χ0v) is 6.86. The summed E-state index contributed by atoms with van der Waals surface area (Å²) in [5, 5.41) is 0. The topological polar surface area (TPSA) is 0 Å². The summed E-state index contributed by atoms with van der Waals surface area (Å²) in [6.45, 7) is 3.65. The molecule has 1 rings (SSSR count). The quantitative estimate of drug-likeness (QED) is 0.654. The van der Waals surface area contributed by atoms with Gasteiger partial charge >= 0.3 is 0 Å². The number of rotatable bonds is 1. The monoisotopic (exact) mass is 200 g/mol. The minimum absolute atomic E-state index is 0.225. The lowest BCUT2D eigenvalue weighted by atomic mass is 10.2. The van der Waals surface area contributed by atoms with Crippen LogP contribution in [0.2, 0.25) is 0 Å². The molecule has 0 saturated carbocycles. The van der Waals surface area contributed by atoms with Crippen molar-refractivity contribution in [2.24, 2.45) is 0 Å². The van der Waals surface area contributed by atoms with E-state index in [0.717, 1.165) is 10.0 Å². The van der Waals surface area contributed by atoms with Crippen molar-refractivity contribution in [3.05, 3.63) is 42.2 Å². The number of hydrogen-bond acceptors (Lipinski definition) is 0. The third kappa shape index (κ3) is 1.67. The highest BCUT2D eigenvalue weighted by Gasteiger charge is 1.93. The molecule has 0 saturated heterocycles. The predicted octanol–water partition coefficient (Wildman–Crippen LogP) is 3.19. The van der Waals surface area contributed by atoms with Crippen molar-refractivity contribution in [3.63, 3.8) is 0 Å². The molecule has 0 atom stereocenters. The van der Waals surface area contributed by atoms with Crippen molar-refractivity contribution in [1.82, 2.24) is 0 Å². The van der Waals surface area contributed by atoms with E-state index in [9.17, 15) is 4.39 Å². The summed E-state index contributed by atoms with van der Waals surface area (Å²) in [6, 6.07) is 6.16. The zero-order chi connectivity index (χ0) is 7.56. The van der Waals surface area contributed by atoms with Gasteiger partial charge in [-0.3, -0.25) is 0 Å². The van der Waals surface area contributed by atoms with E-state index in [1.165, 1.54) is 12.1 Å². The van der Waals surface area contributed by atoms with Crippen LogP contribution in [0.3, 0.4) is 0 Å². The van der Waals surface area contributed by atoms with E-state index >= 15 is 0 Å². The van der Waals surface area contributed by atoms with Crippen LogP contribution < -0.4 is 0 Å². The molecule has 0 spiro atoms. The Morgan fingerprint density at radius 2 is 1.80 bits per heavy atom. The molecule has 0 aromatic heterocycles. The highest BCUT2D eigenvalue weighted by Crippen LogP contribution is 2.17. The van der Waals surface area contributed by atoms with Gasteiger partial charge in [0.25, 0.3) is 0 Å². The smallest absolute Gasteiger partial charge is 0.123 e. The van der Waals surface area contributed by atoms with Crippen LogP contribution in [0.4, 0.5) is 4.39 Å². The van der Waals surface area contributed by atoms with Gasteiger partial charge in [0.1, 0.15) is 5.82 Å². The van der Waals surface area contributed by atoms with E-state index in [4.69, 9.17) is 0 Å². The molecule has 0 N–H and O–H groups in total. The molecule has 0 radical (unpaired) electrons. The Hall–Kier alpha value is -0.630. The lowest BCUT2D eigenvalue weighted by molar-refractivity contribution is 0.628. The van der Waals surface area contributed by atoms with Gasteiger partial charge in [0.15, 0.2) is 0 Å². The SMILES string of the molecule is C=C(Br)c1ccc(F)cc1. The molecular weight excluding hydrogens is 195 g/mol. The van der Waals surface area contributed by atoms with E-state index in [-0.39, 0.29) is 5.82 Å². The van der Waals surface area contributed by atoms with E-state index in [2.05, 4.69) is 22.5 Å². The van der Waals surface area contributed by atoms with E-state index in [1.54, 1.807) is 12.1 Å². The lowest BCUT2D eigenvalue weighted by Crippen LogP contribution is -1.75. The molecule has 0 aliphatic carbocycles. The molecule has 10 heavy (non-hydrogen) atoms. The normalized spacial score (nSPS) is 9.40. The van der Waals surface area contributed by atoms with Gasteiger partial charge in [-0.25, -0.2) is 4.39 Å². The molecule has 52 valence electrons. The van der Waals surface area contributed by atoms with E-state index < -0.39 is 0 Å². The van der Waals surface area contributed by atoms with Gasteiger partial charge in [-0.1, -0.05) is 34.6 Å². The average molecular weight is 201 g/mol. The maximum absolute atomic E-state index is 12.3. The van der Waals surface area contributed by atoms with Gasteiger partial charge in [-0.05, 0) is 17.7 Å². The second-order valence-corrected chi connectivity index (χ2v) is 2.87. The van der Waals surface area contributed by atoms with Crippen molar-refractivity contribution in [2.75, 3.05) is 0 Å². The van der Waals surface area contributed by atoms with Crippen LogP contribution in [-0.4, -0.2) is 0 Å². The Bertz CT molecular complexity index is 238. The first-order valence-electron chi connectivity index (χ1n) is 2.80. The second kappa shape index (κ2) is 2.97. The fraction of sp³-hybridized carbons (Fsp3) is 0. The van der Waals surface area contributed by atoms with Gasteiger partial charge in [0, 0.05) is 4.48 Å². The summed E-state index contributed by atoms with van der Waals surface area (Å²) in [7, 11) is 0. The Morgan fingerprint density at radius 1 is 1.30 bits per heavy atom. The van der Waals surface area contributed by atoms with Crippen molar-refractivity contribution in [1.29, 1.82) is 0 Å². The zero-order valence-electron chi connectivity index (χ0n) is 5.27. The van der Waals surface area contributed by atoms with Gasteiger partial charge in [-0.2, -0.15) is 0 Å². The molecule has 0 bridgehead atoms. The van der Waals surface area contributed by atoms with Crippen molar-refractivity contribution in [2.45, 2.75) is 0 Å². The molecular formula is C8H6BrF. The van der Waals surface area contributed by atoms with Crippen molar-refractivity contribution >= 4 is 20.4 Å². The minimum atomic E-state index is -0.225. The van der Waals surface area contributed by atoms with Crippen molar-refractivity contribution in [3.8, 4) is 0 Å². The van der Waals surface area contributed by atoms with Gasteiger partial charge in [-0.15, -0.1) is 0 Å². The van der Waals surface area contributed by atoms with Crippen molar-refractivity contribution < 1.29 is 4.39 Å². The summed E-state index contributed by atoms with van der Waals surface area (Å²) >= 11 is 3.19. The average Bonchev–Trinajstić information content (AvgIpc) is 1.88. The summed E-state index contributed by atoms with van der Waals surface area (Å²) < 4.78 is 13.1. The number of halogens is 2. The fourth-order valence-corrected chi connectivity index (χ4v) is 0.895. The first-order chi connectivity index (χ1) is 4.70. The highest BCUT2D eigenvalue weighted by atomic mass is 79.9. The number of hydrogen-bond donors (Lipinski definition) is 0. The third-order valence-electron chi connectivity index (χ3n) is 1.16. The summed E-state index contributed by atoms with van der Waals surface area (Å²) in [5.41, 5.74) is 0.904. The molecule has 1 aromatic carbocycles. The molecule has 1 aromatic rings. The van der Waals surface area contributed by atoms with Gasteiger partial charge in [0.2, 0.25) is 0 Å². The maximum atomic E-state index is 12.3. The first kappa shape index (κ1) is 7.48. The van der Waals surface area contributed by atoms with E-state index in [0.29, 0.717) is 0 Å². The van der Waals surface area contributed by atoms with Crippen LogP contribution in [0.15, 0.2) is 30.8 Å². The fourth-order valence-electron chi connectivity index (χ4n) is 0.631. The van der Waals surface area contributed by atoms with Crippen LogP contribution in [-0.2, 0) is 0 Å². The van der Waals surface area contributed by atoms with Crippen LogP contribution in [0.1, 0.15) is 5.56 Å². The molecule has 0 nitrogen and oxygen atoms in total. The largest absolute Gasteiger partial charge is 0.207 e.